The van der Waals surface area contributed by atoms with E-state index in [9.17, 15) is 0 Å². The lowest BCUT2D eigenvalue weighted by atomic mass is 10.1. The number of hydrogen-bond acceptors (Lipinski definition) is 3. The van der Waals surface area contributed by atoms with Crippen LogP contribution in [-0.2, 0) is 6.42 Å². The number of hydrogen-bond donors (Lipinski definition) is 1. The van der Waals surface area contributed by atoms with Crippen molar-refractivity contribution in [2.24, 2.45) is 0 Å². The standard InChI is InChI=1S/C15H22N2O/c1-17-8-2-3-13(6-9-17)16-14-4-5-15-12(11-14)7-10-18-15/h4-5,11,13,16H,2-3,6-10H2,1H3. The Hall–Kier alpha value is -1.22. The number of benzene rings is 1. The van der Waals surface area contributed by atoms with Gasteiger partial charge < -0.3 is 15.0 Å². The van der Waals surface area contributed by atoms with Gasteiger partial charge in [-0.1, -0.05) is 0 Å². The highest BCUT2D eigenvalue weighted by molar-refractivity contribution is 5.52. The van der Waals surface area contributed by atoms with Gasteiger partial charge in [0, 0.05) is 18.2 Å². The minimum Gasteiger partial charge on any atom is -0.493 e. The summed E-state index contributed by atoms with van der Waals surface area (Å²) < 4.78 is 5.54. The number of nitrogens with one attached hydrogen (secondary N) is 1. The van der Waals surface area contributed by atoms with Crippen molar-refractivity contribution >= 4 is 5.69 Å². The smallest absolute Gasteiger partial charge is 0.122 e. The molecule has 1 unspecified atom stereocenters. The van der Waals surface area contributed by atoms with E-state index in [1.807, 2.05) is 0 Å². The van der Waals surface area contributed by atoms with Crippen molar-refractivity contribution in [3.05, 3.63) is 23.8 Å². The SMILES string of the molecule is CN1CCCC(Nc2ccc3c(c2)CCO3)CC1. The van der Waals surface area contributed by atoms with Gasteiger partial charge in [-0.2, -0.15) is 0 Å². The molecule has 0 aromatic heterocycles. The van der Waals surface area contributed by atoms with Crippen molar-refractivity contribution in [1.82, 2.24) is 4.90 Å². The third kappa shape index (κ3) is 2.61. The molecule has 2 heterocycles. The Labute approximate surface area is 109 Å². The first-order valence-corrected chi connectivity index (χ1v) is 7.02. The summed E-state index contributed by atoms with van der Waals surface area (Å²) in [6.45, 7) is 3.27. The maximum Gasteiger partial charge on any atom is 0.122 e. The van der Waals surface area contributed by atoms with E-state index in [0.717, 1.165) is 18.8 Å². The predicted octanol–water partition coefficient (Wildman–Crippen LogP) is 2.52. The van der Waals surface area contributed by atoms with Gasteiger partial charge in [0.25, 0.3) is 0 Å². The molecule has 3 nitrogen and oxygen atoms in total. The number of likely N-dealkylation sites (tertiary alicyclic amines) is 1. The lowest BCUT2D eigenvalue weighted by Crippen LogP contribution is -2.22. The summed E-state index contributed by atoms with van der Waals surface area (Å²) in [5.74, 6) is 1.07. The van der Waals surface area contributed by atoms with Gasteiger partial charge in [-0.05, 0) is 63.2 Å². The average Bonchev–Trinajstić information content (AvgIpc) is 2.74. The fourth-order valence-corrected chi connectivity index (χ4v) is 2.90. The Kier molecular flexibility index (Phi) is 3.41. The summed E-state index contributed by atoms with van der Waals surface area (Å²) in [4.78, 5) is 2.43. The summed E-state index contributed by atoms with van der Waals surface area (Å²) in [6, 6.07) is 7.14. The minimum atomic E-state index is 0.621. The Morgan fingerprint density at radius 1 is 1.28 bits per heavy atom. The van der Waals surface area contributed by atoms with Crippen molar-refractivity contribution in [2.45, 2.75) is 31.7 Å². The monoisotopic (exact) mass is 246 g/mol. The third-order valence-electron chi connectivity index (χ3n) is 4.01. The highest BCUT2D eigenvalue weighted by atomic mass is 16.5. The molecule has 98 valence electrons. The van der Waals surface area contributed by atoms with E-state index in [1.54, 1.807) is 0 Å². The summed E-state index contributed by atoms with van der Waals surface area (Å²) >= 11 is 0. The molecule has 3 rings (SSSR count). The van der Waals surface area contributed by atoms with E-state index >= 15 is 0 Å². The van der Waals surface area contributed by atoms with Crippen molar-refractivity contribution in [3.8, 4) is 5.75 Å². The Bertz CT molecular complexity index is 419. The van der Waals surface area contributed by atoms with Crippen LogP contribution < -0.4 is 10.1 Å². The van der Waals surface area contributed by atoms with E-state index in [1.165, 1.54) is 43.6 Å². The Morgan fingerprint density at radius 2 is 2.22 bits per heavy atom. The number of anilines is 1. The van der Waals surface area contributed by atoms with Crippen molar-refractivity contribution < 1.29 is 4.74 Å². The van der Waals surface area contributed by atoms with E-state index < -0.39 is 0 Å². The largest absolute Gasteiger partial charge is 0.493 e. The topological polar surface area (TPSA) is 24.5 Å². The van der Waals surface area contributed by atoms with Crippen LogP contribution in [0.15, 0.2) is 18.2 Å². The molecule has 3 heteroatoms. The fraction of sp³-hybridized carbons (Fsp3) is 0.600. The molecule has 0 radical (unpaired) electrons. The molecule has 0 aliphatic carbocycles. The number of fused-ring (bicyclic) bond motifs is 1. The molecule has 1 aromatic carbocycles. The molecule has 1 fully saturated rings. The summed E-state index contributed by atoms with van der Waals surface area (Å²) in [5, 5.41) is 3.69. The van der Waals surface area contributed by atoms with Crippen molar-refractivity contribution in [2.75, 3.05) is 32.1 Å². The fourth-order valence-electron chi connectivity index (χ4n) is 2.90. The van der Waals surface area contributed by atoms with Crippen LogP contribution in [0.5, 0.6) is 5.75 Å². The lowest BCUT2D eigenvalue weighted by Gasteiger charge is -2.18. The number of nitrogens with zero attached hydrogens (tertiary/aromatic N) is 1. The van der Waals surface area contributed by atoms with Crippen LogP contribution in [0.4, 0.5) is 5.69 Å². The number of rotatable bonds is 2. The van der Waals surface area contributed by atoms with Crippen LogP contribution in [0.1, 0.15) is 24.8 Å². The summed E-state index contributed by atoms with van der Waals surface area (Å²) in [6.07, 6.45) is 4.86. The number of ether oxygens (including phenoxy) is 1. The first-order valence-electron chi connectivity index (χ1n) is 7.02. The van der Waals surface area contributed by atoms with E-state index in [-0.39, 0.29) is 0 Å². The predicted molar refractivity (Wildman–Crippen MR) is 74.4 cm³/mol. The second kappa shape index (κ2) is 5.19. The van der Waals surface area contributed by atoms with Crippen molar-refractivity contribution in [3.63, 3.8) is 0 Å². The highest BCUT2D eigenvalue weighted by Gasteiger charge is 2.16. The molecule has 1 saturated heterocycles. The molecule has 0 bridgehead atoms. The summed E-state index contributed by atoms with van der Waals surface area (Å²) in [5.41, 5.74) is 2.61. The van der Waals surface area contributed by atoms with Gasteiger partial charge in [0.1, 0.15) is 5.75 Å². The highest BCUT2D eigenvalue weighted by Crippen LogP contribution is 2.28. The molecule has 0 spiro atoms. The normalized spacial score (nSPS) is 24.2. The maximum absolute atomic E-state index is 5.54. The second-order valence-electron chi connectivity index (χ2n) is 5.50. The van der Waals surface area contributed by atoms with Gasteiger partial charge in [0.2, 0.25) is 0 Å². The maximum atomic E-state index is 5.54. The zero-order chi connectivity index (χ0) is 12.4. The second-order valence-corrected chi connectivity index (χ2v) is 5.50. The van der Waals surface area contributed by atoms with Crippen molar-refractivity contribution in [1.29, 1.82) is 0 Å². The summed E-state index contributed by atoms with van der Waals surface area (Å²) in [7, 11) is 2.22. The minimum absolute atomic E-state index is 0.621. The quantitative estimate of drug-likeness (QED) is 0.868. The van der Waals surface area contributed by atoms with Crippen LogP contribution in [0.2, 0.25) is 0 Å². The molecule has 2 aliphatic heterocycles. The van der Waals surface area contributed by atoms with Gasteiger partial charge in [-0.25, -0.2) is 0 Å². The molecular weight excluding hydrogens is 224 g/mol. The van der Waals surface area contributed by atoms with Crippen LogP contribution in [0, 0.1) is 0 Å². The van der Waals surface area contributed by atoms with Crippen LogP contribution in [0.3, 0.4) is 0 Å². The third-order valence-corrected chi connectivity index (χ3v) is 4.01. The molecule has 1 aromatic rings. The first-order chi connectivity index (χ1) is 8.81. The molecule has 0 saturated carbocycles. The van der Waals surface area contributed by atoms with Crippen LogP contribution >= 0.6 is 0 Å². The van der Waals surface area contributed by atoms with Gasteiger partial charge >= 0.3 is 0 Å². The molecule has 18 heavy (non-hydrogen) atoms. The van der Waals surface area contributed by atoms with E-state index in [4.69, 9.17) is 4.74 Å². The van der Waals surface area contributed by atoms with Gasteiger partial charge in [-0.15, -0.1) is 0 Å². The Morgan fingerprint density at radius 3 is 3.17 bits per heavy atom. The molecule has 0 amide bonds. The lowest BCUT2D eigenvalue weighted by molar-refractivity contribution is 0.348. The molecular formula is C15H22N2O. The molecule has 1 atom stereocenters. The molecule has 2 aliphatic rings. The van der Waals surface area contributed by atoms with Gasteiger partial charge in [-0.3, -0.25) is 0 Å². The molecule has 1 N–H and O–H groups in total. The van der Waals surface area contributed by atoms with Gasteiger partial charge in [0.15, 0.2) is 0 Å². The Balaban J connectivity index is 1.65. The zero-order valence-electron chi connectivity index (χ0n) is 11.1. The zero-order valence-corrected chi connectivity index (χ0v) is 11.1. The van der Waals surface area contributed by atoms with E-state index in [0.29, 0.717) is 6.04 Å². The van der Waals surface area contributed by atoms with Crippen LogP contribution in [-0.4, -0.2) is 37.7 Å². The van der Waals surface area contributed by atoms with Crippen LogP contribution in [0.25, 0.3) is 0 Å². The first kappa shape index (κ1) is 11.8. The van der Waals surface area contributed by atoms with Gasteiger partial charge in [0.05, 0.1) is 6.61 Å². The van der Waals surface area contributed by atoms with E-state index in [2.05, 4.69) is 35.5 Å². The average molecular weight is 246 g/mol.